The minimum Gasteiger partial charge on any atom is -0.342 e. The summed E-state index contributed by atoms with van der Waals surface area (Å²) in [6.45, 7) is 3.42. The van der Waals surface area contributed by atoms with E-state index in [1.165, 1.54) is 18.6 Å². The highest BCUT2D eigenvalue weighted by Gasteiger charge is 2.31. The molecule has 0 bridgehead atoms. The molecule has 2 saturated carbocycles. The summed E-state index contributed by atoms with van der Waals surface area (Å²) in [5, 5.41) is 6.21. The van der Waals surface area contributed by atoms with Crippen molar-refractivity contribution < 1.29 is 21.6 Å². The summed E-state index contributed by atoms with van der Waals surface area (Å²) in [6.07, 6.45) is 9.54. The van der Waals surface area contributed by atoms with E-state index in [1.807, 2.05) is 11.8 Å². The van der Waals surface area contributed by atoms with Crippen molar-refractivity contribution in [2.24, 2.45) is 5.92 Å². The van der Waals surface area contributed by atoms with Gasteiger partial charge >= 0.3 is 0 Å². The molecular formula is C27H42FN3O3. The number of rotatable bonds is 9. The zero-order chi connectivity index (χ0) is 24.1. The van der Waals surface area contributed by atoms with Crippen molar-refractivity contribution in [2.45, 2.75) is 89.1 Å². The topological polar surface area (TPSA) is 78.5 Å². The van der Waals surface area contributed by atoms with Gasteiger partial charge in [0.05, 0.1) is 12.6 Å². The van der Waals surface area contributed by atoms with Gasteiger partial charge in [-0.2, -0.15) is 0 Å². The second kappa shape index (κ2) is 11.4. The first-order valence-corrected chi connectivity index (χ1v) is 13.1. The number of nitrogens with zero attached hydrogens (tertiary/aromatic N) is 1. The van der Waals surface area contributed by atoms with Gasteiger partial charge in [-0.1, -0.05) is 26.2 Å². The largest absolute Gasteiger partial charge is 0.342 e. The van der Waals surface area contributed by atoms with Crippen molar-refractivity contribution >= 4 is 17.6 Å². The van der Waals surface area contributed by atoms with E-state index in [1.54, 1.807) is 6.07 Å². The normalized spacial score (nSPS) is 22.3. The fourth-order valence-corrected chi connectivity index (χ4v) is 5.46. The molecule has 1 aromatic carbocycles. The van der Waals surface area contributed by atoms with Gasteiger partial charge in [-0.3, -0.25) is 14.4 Å². The molecule has 4 rings (SSSR count). The number of amides is 2. The smallest absolute Gasteiger partial charge is 0.251 e. The molecule has 7 heteroatoms. The molecule has 2 N–H and O–H groups in total. The van der Waals surface area contributed by atoms with Crippen LogP contribution in [0, 0.1) is 11.7 Å². The molecule has 0 radical (unpaired) electrons. The number of carbonyl (C=O) groups excluding carboxylic acids is 3. The molecule has 2 atom stereocenters. The third-order valence-corrected chi connectivity index (χ3v) is 7.65. The number of benzene rings is 1. The number of halogens is 1. The number of hydrogen-bond donors (Lipinski definition) is 2. The quantitative estimate of drug-likeness (QED) is 0.554. The molecule has 0 aromatic heterocycles. The SMILES string of the molecule is CCC(=O)[C@H](NC(=O)c1cc(F)cc(C2CCCN(C(=O)CNC3CC3)C2)c1)C1CCCCC1.[HH].[HH]. The molecule has 3 aliphatic rings. The Labute approximate surface area is 205 Å². The molecule has 34 heavy (non-hydrogen) atoms. The molecule has 2 aliphatic carbocycles. The number of nitrogens with one attached hydrogen (secondary N) is 2. The Morgan fingerprint density at radius 1 is 1.06 bits per heavy atom. The fraction of sp³-hybridized carbons (Fsp3) is 0.667. The number of carbonyl (C=O) groups is 3. The van der Waals surface area contributed by atoms with Crippen LogP contribution in [0.4, 0.5) is 4.39 Å². The van der Waals surface area contributed by atoms with Crippen LogP contribution in [0.3, 0.4) is 0 Å². The van der Waals surface area contributed by atoms with E-state index < -0.39 is 17.8 Å². The number of Topliss-reactive ketones (excluding diaryl/α,β-unsaturated/α-hetero) is 1. The van der Waals surface area contributed by atoms with Crippen molar-refractivity contribution in [3.05, 3.63) is 35.1 Å². The standard InChI is InChI=1S/C27H38FN3O3.2H2/c1-2-24(32)26(18-7-4-3-5-8-18)30-27(34)21-13-20(14-22(28)15-21)19-9-6-12-31(17-19)25(33)16-29-23-10-11-23;;/h13-15,18-19,23,26,29H,2-12,16-17H2,1H3,(H,30,34);2*1H/t19?,26-;;/m1../s1. The first kappa shape index (κ1) is 24.8. The molecule has 1 heterocycles. The second-order valence-electron chi connectivity index (χ2n) is 10.3. The number of likely N-dealkylation sites (tertiary alicyclic amines) is 1. The maximum absolute atomic E-state index is 14.6. The third kappa shape index (κ3) is 6.44. The second-order valence-corrected chi connectivity index (χ2v) is 10.3. The number of ketones is 1. The summed E-state index contributed by atoms with van der Waals surface area (Å²) in [5.74, 6) is -0.585. The lowest BCUT2D eigenvalue weighted by Gasteiger charge is -2.33. The Morgan fingerprint density at radius 2 is 1.82 bits per heavy atom. The van der Waals surface area contributed by atoms with Gasteiger partial charge in [-0.05, 0) is 68.2 Å². The van der Waals surface area contributed by atoms with Crippen LogP contribution in [0.25, 0.3) is 0 Å². The van der Waals surface area contributed by atoms with Crippen molar-refractivity contribution in [1.82, 2.24) is 15.5 Å². The average molecular weight is 476 g/mol. The van der Waals surface area contributed by atoms with Gasteiger partial charge in [0.25, 0.3) is 5.91 Å². The monoisotopic (exact) mass is 475 g/mol. The summed E-state index contributed by atoms with van der Waals surface area (Å²) in [6, 6.07) is 4.44. The Bertz CT molecular complexity index is 906. The van der Waals surface area contributed by atoms with Crippen LogP contribution in [-0.4, -0.2) is 54.2 Å². The van der Waals surface area contributed by atoms with E-state index in [4.69, 9.17) is 0 Å². The van der Waals surface area contributed by atoms with Crippen molar-refractivity contribution in [3.8, 4) is 0 Å². The van der Waals surface area contributed by atoms with Crippen molar-refractivity contribution in [3.63, 3.8) is 0 Å². The van der Waals surface area contributed by atoms with E-state index in [2.05, 4.69) is 10.6 Å². The van der Waals surface area contributed by atoms with Gasteiger partial charge in [0, 0.05) is 39.9 Å². The summed E-state index contributed by atoms with van der Waals surface area (Å²) >= 11 is 0. The lowest BCUT2D eigenvalue weighted by molar-refractivity contribution is -0.131. The maximum atomic E-state index is 14.6. The molecule has 1 aromatic rings. The van der Waals surface area contributed by atoms with E-state index >= 15 is 0 Å². The van der Waals surface area contributed by atoms with Crippen LogP contribution in [0.1, 0.15) is 95.8 Å². The van der Waals surface area contributed by atoms with Crippen LogP contribution >= 0.6 is 0 Å². The zero-order valence-corrected chi connectivity index (χ0v) is 20.3. The van der Waals surface area contributed by atoms with Crippen LogP contribution in [-0.2, 0) is 9.59 Å². The molecule has 1 unspecified atom stereocenters. The van der Waals surface area contributed by atoms with Gasteiger partial charge in [0.2, 0.25) is 5.91 Å². The van der Waals surface area contributed by atoms with E-state index in [-0.39, 0.29) is 31.9 Å². The van der Waals surface area contributed by atoms with E-state index in [0.29, 0.717) is 32.1 Å². The van der Waals surface area contributed by atoms with E-state index in [0.717, 1.165) is 56.9 Å². The first-order valence-electron chi connectivity index (χ1n) is 13.1. The van der Waals surface area contributed by atoms with Gasteiger partial charge in [-0.15, -0.1) is 0 Å². The molecule has 3 fully saturated rings. The summed E-state index contributed by atoms with van der Waals surface area (Å²) in [7, 11) is 0. The Hall–Kier alpha value is -2.28. The predicted octanol–water partition coefficient (Wildman–Crippen LogP) is 4.43. The molecular weight excluding hydrogens is 433 g/mol. The van der Waals surface area contributed by atoms with Crippen molar-refractivity contribution in [1.29, 1.82) is 0 Å². The Kier molecular flexibility index (Phi) is 8.35. The molecule has 1 aliphatic heterocycles. The summed E-state index contributed by atoms with van der Waals surface area (Å²) < 4.78 is 14.6. The zero-order valence-electron chi connectivity index (χ0n) is 20.3. The molecule has 6 nitrogen and oxygen atoms in total. The highest BCUT2D eigenvalue weighted by Crippen LogP contribution is 2.30. The van der Waals surface area contributed by atoms with Gasteiger partial charge in [-0.25, -0.2) is 4.39 Å². The highest BCUT2D eigenvalue weighted by atomic mass is 19.1. The Morgan fingerprint density at radius 3 is 2.53 bits per heavy atom. The summed E-state index contributed by atoms with van der Waals surface area (Å²) in [4.78, 5) is 40.2. The molecule has 1 saturated heterocycles. The minimum absolute atomic E-state index is 0. The molecule has 190 valence electrons. The maximum Gasteiger partial charge on any atom is 0.251 e. The molecule has 2 amide bonds. The van der Waals surface area contributed by atoms with Gasteiger partial charge in [0.15, 0.2) is 5.78 Å². The number of piperidine rings is 1. The van der Waals surface area contributed by atoms with Crippen LogP contribution in [0.5, 0.6) is 0 Å². The third-order valence-electron chi connectivity index (χ3n) is 7.65. The highest BCUT2D eigenvalue weighted by molar-refractivity contribution is 5.98. The molecule has 0 spiro atoms. The predicted molar refractivity (Wildman–Crippen MR) is 133 cm³/mol. The van der Waals surface area contributed by atoms with Crippen LogP contribution in [0.2, 0.25) is 0 Å². The van der Waals surface area contributed by atoms with Crippen LogP contribution < -0.4 is 10.6 Å². The van der Waals surface area contributed by atoms with E-state index in [9.17, 15) is 18.8 Å². The Balaban J connectivity index is 0.00000228. The lowest BCUT2D eigenvalue weighted by Crippen LogP contribution is -2.46. The minimum atomic E-state index is -0.508. The fourth-order valence-electron chi connectivity index (χ4n) is 5.46. The first-order chi connectivity index (χ1) is 16.4. The lowest BCUT2D eigenvalue weighted by atomic mass is 9.81. The van der Waals surface area contributed by atoms with Gasteiger partial charge in [0.1, 0.15) is 5.82 Å². The average Bonchev–Trinajstić information content (AvgIpc) is 3.70. The number of hydrogen-bond acceptors (Lipinski definition) is 4. The van der Waals surface area contributed by atoms with Crippen LogP contribution in [0.15, 0.2) is 18.2 Å². The summed E-state index contributed by atoms with van der Waals surface area (Å²) in [5.41, 5.74) is 0.993. The van der Waals surface area contributed by atoms with Crippen molar-refractivity contribution in [2.75, 3.05) is 19.6 Å². The van der Waals surface area contributed by atoms with Gasteiger partial charge < -0.3 is 15.5 Å².